The molecule has 0 saturated heterocycles. The minimum Gasteiger partial charge on any atom is -0.490 e. The number of halogens is 1. The predicted molar refractivity (Wildman–Crippen MR) is 92.2 cm³/mol. The van der Waals surface area contributed by atoms with Crippen LogP contribution in [0.5, 0.6) is 11.5 Å². The highest BCUT2D eigenvalue weighted by Crippen LogP contribution is 2.30. The van der Waals surface area contributed by atoms with Gasteiger partial charge in [0.2, 0.25) is 0 Å². The third-order valence-electron chi connectivity index (χ3n) is 3.27. The number of aliphatic hydroxyl groups is 1. The van der Waals surface area contributed by atoms with Gasteiger partial charge in [0.05, 0.1) is 13.2 Å². The van der Waals surface area contributed by atoms with Crippen molar-refractivity contribution in [3.05, 3.63) is 58.6 Å². The first-order valence-electron chi connectivity index (χ1n) is 7.68. The number of benzene rings is 2. The van der Waals surface area contributed by atoms with Crippen LogP contribution in [0.4, 0.5) is 0 Å². The maximum Gasteiger partial charge on any atom is 0.161 e. The van der Waals surface area contributed by atoms with Crippen molar-refractivity contribution in [1.29, 1.82) is 0 Å². The van der Waals surface area contributed by atoms with Crippen molar-refractivity contribution in [2.24, 2.45) is 0 Å². The lowest BCUT2D eigenvalue weighted by molar-refractivity contribution is 0.269. The van der Waals surface area contributed by atoms with Gasteiger partial charge in [0.15, 0.2) is 11.5 Å². The quantitative estimate of drug-likeness (QED) is 0.690. The third-order valence-corrected chi connectivity index (χ3v) is 3.64. The van der Waals surface area contributed by atoms with Crippen LogP contribution in [0, 0.1) is 0 Å². The lowest BCUT2D eigenvalue weighted by atomic mass is 10.2. The molecule has 124 valence electrons. The minimum atomic E-state index is 0.122. The van der Waals surface area contributed by atoms with Crippen molar-refractivity contribution < 1.29 is 14.6 Å². The summed E-state index contributed by atoms with van der Waals surface area (Å²) in [5.41, 5.74) is 2.01. The molecule has 0 aliphatic carbocycles. The molecule has 23 heavy (non-hydrogen) atoms. The fraction of sp³-hybridized carbons (Fsp3) is 0.333. The zero-order valence-electron chi connectivity index (χ0n) is 13.2. The summed E-state index contributed by atoms with van der Waals surface area (Å²) in [5, 5.41) is 12.6. The Bertz CT molecular complexity index is 619. The van der Waals surface area contributed by atoms with Crippen LogP contribution in [0.25, 0.3) is 0 Å². The second kappa shape index (κ2) is 9.40. The Morgan fingerprint density at radius 2 is 1.91 bits per heavy atom. The number of hydrogen-bond donors (Lipinski definition) is 2. The average Bonchev–Trinajstić information content (AvgIpc) is 2.56. The molecule has 0 atom stereocenters. The van der Waals surface area contributed by atoms with Crippen molar-refractivity contribution in [3.63, 3.8) is 0 Å². The molecule has 0 heterocycles. The zero-order chi connectivity index (χ0) is 16.5. The second-order valence-corrected chi connectivity index (χ2v) is 5.40. The van der Waals surface area contributed by atoms with Gasteiger partial charge in [-0.05, 0) is 30.7 Å². The fourth-order valence-electron chi connectivity index (χ4n) is 2.13. The maximum absolute atomic E-state index is 8.81. The van der Waals surface area contributed by atoms with Crippen LogP contribution in [0.3, 0.4) is 0 Å². The Labute approximate surface area is 142 Å². The van der Waals surface area contributed by atoms with Gasteiger partial charge in [-0.1, -0.05) is 35.9 Å². The van der Waals surface area contributed by atoms with E-state index in [0.717, 1.165) is 11.1 Å². The van der Waals surface area contributed by atoms with Crippen LogP contribution >= 0.6 is 11.6 Å². The van der Waals surface area contributed by atoms with E-state index in [-0.39, 0.29) is 6.61 Å². The highest BCUT2D eigenvalue weighted by Gasteiger charge is 2.08. The summed E-state index contributed by atoms with van der Waals surface area (Å²) in [5.74, 6) is 1.40. The van der Waals surface area contributed by atoms with Crippen molar-refractivity contribution in [3.8, 4) is 11.5 Å². The van der Waals surface area contributed by atoms with E-state index in [9.17, 15) is 0 Å². The van der Waals surface area contributed by atoms with Crippen LogP contribution in [-0.2, 0) is 13.2 Å². The van der Waals surface area contributed by atoms with Crippen molar-refractivity contribution >= 4 is 11.6 Å². The molecule has 0 aliphatic rings. The first-order valence-corrected chi connectivity index (χ1v) is 8.06. The molecule has 0 amide bonds. The Hall–Kier alpha value is -1.75. The predicted octanol–water partition coefficient (Wildman–Crippen LogP) is 3.40. The summed E-state index contributed by atoms with van der Waals surface area (Å²) < 4.78 is 11.5. The normalized spacial score (nSPS) is 10.6. The smallest absolute Gasteiger partial charge is 0.161 e. The van der Waals surface area contributed by atoms with Crippen LogP contribution in [-0.4, -0.2) is 24.9 Å². The molecule has 0 aliphatic heterocycles. The van der Waals surface area contributed by atoms with E-state index >= 15 is 0 Å². The molecule has 4 nitrogen and oxygen atoms in total. The molecule has 0 radical (unpaired) electrons. The van der Waals surface area contributed by atoms with Crippen molar-refractivity contribution in [1.82, 2.24) is 5.32 Å². The zero-order valence-corrected chi connectivity index (χ0v) is 14.0. The van der Waals surface area contributed by atoms with Crippen LogP contribution in [0.15, 0.2) is 42.5 Å². The van der Waals surface area contributed by atoms with Gasteiger partial charge in [-0.2, -0.15) is 0 Å². The SMILES string of the molecule is CCOc1cc(CNCCO)ccc1OCc1ccccc1Cl. The van der Waals surface area contributed by atoms with Crippen molar-refractivity contribution in [2.45, 2.75) is 20.1 Å². The molecular formula is C18H22ClNO3. The summed E-state index contributed by atoms with van der Waals surface area (Å²) >= 11 is 6.15. The molecule has 0 fully saturated rings. The molecular weight excluding hydrogens is 314 g/mol. The number of rotatable bonds is 9. The fourth-order valence-corrected chi connectivity index (χ4v) is 2.32. The van der Waals surface area contributed by atoms with Crippen LogP contribution < -0.4 is 14.8 Å². The van der Waals surface area contributed by atoms with Gasteiger partial charge in [-0.15, -0.1) is 0 Å². The molecule has 0 saturated carbocycles. The van der Waals surface area contributed by atoms with Gasteiger partial charge in [-0.25, -0.2) is 0 Å². The molecule has 0 bridgehead atoms. The van der Waals surface area contributed by atoms with E-state index in [0.29, 0.717) is 42.8 Å². The molecule has 2 rings (SSSR count). The summed E-state index contributed by atoms with van der Waals surface area (Å²) in [7, 11) is 0. The maximum atomic E-state index is 8.81. The lowest BCUT2D eigenvalue weighted by Gasteiger charge is -2.14. The molecule has 0 aromatic heterocycles. The average molecular weight is 336 g/mol. The van der Waals surface area contributed by atoms with Gasteiger partial charge in [0.1, 0.15) is 6.61 Å². The van der Waals surface area contributed by atoms with E-state index in [1.165, 1.54) is 0 Å². The van der Waals surface area contributed by atoms with Crippen LogP contribution in [0.1, 0.15) is 18.1 Å². The number of aliphatic hydroxyl groups excluding tert-OH is 1. The minimum absolute atomic E-state index is 0.122. The van der Waals surface area contributed by atoms with E-state index < -0.39 is 0 Å². The highest BCUT2D eigenvalue weighted by molar-refractivity contribution is 6.31. The van der Waals surface area contributed by atoms with Gasteiger partial charge in [0.25, 0.3) is 0 Å². The third kappa shape index (κ3) is 5.43. The molecule has 0 spiro atoms. The largest absolute Gasteiger partial charge is 0.490 e. The topological polar surface area (TPSA) is 50.7 Å². The second-order valence-electron chi connectivity index (χ2n) is 4.99. The lowest BCUT2D eigenvalue weighted by Crippen LogP contribution is -2.17. The first kappa shape index (κ1) is 17.6. The molecule has 2 aromatic carbocycles. The number of ether oxygens (including phenoxy) is 2. The van der Waals surface area contributed by atoms with Crippen LogP contribution in [0.2, 0.25) is 5.02 Å². The Morgan fingerprint density at radius 3 is 2.65 bits per heavy atom. The van der Waals surface area contributed by atoms with Gasteiger partial charge >= 0.3 is 0 Å². The summed E-state index contributed by atoms with van der Waals surface area (Å²) in [6, 6.07) is 13.5. The van der Waals surface area contributed by atoms with E-state index in [4.69, 9.17) is 26.2 Å². The molecule has 2 aromatic rings. The Kier molecular flexibility index (Phi) is 7.20. The van der Waals surface area contributed by atoms with Crippen molar-refractivity contribution in [2.75, 3.05) is 19.8 Å². The molecule has 2 N–H and O–H groups in total. The standard InChI is InChI=1S/C18H22ClNO3/c1-2-22-18-11-14(12-20-9-10-21)7-8-17(18)23-13-15-5-3-4-6-16(15)19/h3-8,11,20-21H,2,9-10,12-13H2,1H3. The van der Waals surface area contributed by atoms with E-state index in [2.05, 4.69) is 5.32 Å². The Morgan fingerprint density at radius 1 is 1.09 bits per heavy atom. The number of nitrogens with one attached hydrogen (secondary N) is 1. The van der Waals surface area contributed by atoms with E-state index in [1.54, 1.807) is 0 Å². The van der Waals surface area contributed by atoms with Gasteiger partial charge in [-0.3, -0.25) is 0 Å². The summed E-state index contributed by atoms with van der Waals surface area (Å²) in [4.78, 5) is 0. The van der Waals surface area contributed by atoms with Gasteiger partial charge in [0, 0.05) is 23.7 Å². The summed E-state index contributed by atoms with van der Waals surface area (Å²) in [6.45, 7) is 4.25. The highest BCUT2D eigenvalue weighted by atomic mass is 35.5. The monoisotopic (exact) mass is 335 g/mol. The first-order chi connectivity index (χ1) is 11.2. The Balaban J connectivity index is 2.06. The van der Waals surface area contributed by atoms with Gasteiger partial charge < -0.3 is 19.9 Å². The number of hydrogen-bond acceptors (Lipinski definition) is 4. The molecule has 0 unspecified atom stereocenters. The molecule has 5 heteroatoms. The van der Waals surface area contributed by atoms with E-state index in [1.807, 2.05) is 49.4 Å². The summed E-state index contributed by atoms with van der Waals surface area (Å²) in [6.07, 6.45) is 0.